The highest BCUT2D eigenvalue weighted by atomic mass is 16.6. The lowest BCUT2D eigenvalue weighted by Crippen LogP contribution is -2.27. The SMILES string of the molecule is Cc1cc(C(=O)OCc2ccccc2)n(CCOCCOCC(=O)OC(C)(C)C)n1. The van der Waals surface area contributed by atoms with Gasteiger partial charge in [0.2, 0.25) is 0 Å². The van der Waals surface area contributed by atoms with Crippen LogP contribution in [0.5, 0.6) is 0 Å². The zero-order chi connectivity index (χ0) is 22.0. The number of hydrogen-bond donors (Lipinski definition) is 0. The normalized spacial score (nSPS) is 11.3. The molecule has 0 bridgehead atoms. The molecular weight excluding hydrogens is 388 g/mol. The Labute approximate surface area is 177 Å². The van der Waals surface area contributed by atoms with Gasteiger partial charge in [-0.15, -0.1) is 0 Å². The van der Waals surface area contributed by atoms with Gasteiger partial charge >= 0.3 is 11.9 Å². The summed E-state index contributed by atoms with van der Waals surface area (Å²) in [5.74, 6) is -0.840. The molecule has 2 rings (SSSR count). The van der Waals surface area contributed by atoms with Crippen molar-refractivity contribution < 1.29 is 28.5 Å². The third-order valence-corrected chi connectivity index (χ3v) is 3.78. The van der Waals surface area contributed by atoms with Gasteiger partial charge < -0.3 is 18.9 Å². The highest BCUT2D eigenvalue weighted by Gasteiger charge is 2.17. The number of benzene rings is 1. The molecular formula is C22H30N2O6. The molecule has 0 saturated carbocycles. The fourth-order valence-corrected chi connectivity index (χ4v) is 2.57. The van der Waals surface area contributed by atoms with E-state index in [9.17, 15) is 9.59 Å². The van der Waals surface area contributed by atoms with Crippen LogP contribution in [0.1, 0.15) is 42.5 Å². The molecule has 0 atom stereocenters. The van der Waals surface area contributed by atoms with E-state index in [1.165, 1.54) is 0 Å². The van der Waals surface area contributed by atoms with E-state index in [2.05, 4.69) is 5.10 Å². The van der Waals surface area contributed by atoms with Gasteiger partial charge in [-0.2, -0.15) is 5.10 Å². The van der Waals surface area contributed by atoms with Crippen LogP contribution < -0.4 is 0 Å². The van der Waals surface area contributed by atoms with E-state index >= 15 is 0 Å². The summed E-state index contributed by atoms with van der Waals surface area (Å²) in [6.45, 7) is 8.64. The van der Waals surface area contributed by atoms with Crippen LogP contribution in [0.25, 0.3) is 0 Å². The Morgan fingerprint density at radius 2 is 1.73 bits per heavy atom. The fourth-order valence-electron chi connectivity index (χ4n) is 2.57. The standard InChI is InChI=1S/C22H30N2O6/c1-17-14-19(21(26)29-15-18-8-6-5-7-9-18)24(23-17)10-11-27-12-13-28-16-20(25)30-22(2,3)4/h5-9,14H,10-13,15-16H2,1-4H3. The Kier molecular flexibility index (Phi) is 9.01. The summed E-state index contributed by atoms with van der Waals surface area (Å²) in [5, 5.41) is 4.32. The van der Waals surface area contributed by atoms with Crippen LogP contribution in [0, 0.1) is 6.92 Å². The maximum Gasteiger partial charge on any atom is 0.356 e. The molecule has 0 fully saturated rings. The molecule has 2 aromatic rings. The van der Waals surface area contributed by atoms with Crippen LogP contribution >= 0.6 is 0 Å². The van der Waals surface area contributed by atoms with Crippen molar-refractivity contribution in [3.8, 4) is 0 Å². The number of carbonyl (C=O) groups is 2. The molecule has 1 heterocycles. The summed E-state index contributed by atoms with van der Waals surface area (Å²) in [6.07, 6.45) is 0. The monoisotopic (exact) mass is 418 g/mol. The van der Waals surface area contributed by atoms with E-state index in [0.717, 1.165) is 11.3 Å². The predicted molar refractivity (Wildman–Crippen MR) is 110 cm³/mol. The molecule has 0 N–H and O–H groups in total. The molecule has 8 heteroatoms. The van der Waals surface area contributed by atoms with Crippen LogP contribution in [0.3, 0.4) is 0 Å². The predicted octanol–water partition coefficient (Wildman–Crippen LogP) is 2.92. The first-order valence-corrected chi connectivity index (χ1v) is 9.87. The van der Waals surface area contributed by atoms with Gasteiger partial charge in [0, 0.05) is 0 Å². The van der Waals surface area contributed by atoms with Gasteiger partial charge in [0.25, 0.3) is 0 Å². The summed E-state index contributed by atoms with van der Waals surface area (Å²) in [7, 11) is 0. The third kappa shape index (κ3) is 8.75. The van der Waals surface area contributed by atoms with Gasteiger partial charge in [-0.25, -0.2) is 9.59 Å². The molecule has 0 spiro atoms. The van der Waals surface area contributed by atoms with Crippen LogP contribution in [0.2, 0.25) is 0 Å². The van der Waals surface area contributed by atoms with E-state index in [1.54, 1.807) is 31.5 Å². The number of hydrogen-bond acceptors (Lipinski definition) is 7. The van der Waals surface area contributed by atoms with E-state index in [4.69, 9.17) is 18.9 Å². The summed E-state index contributed by atoms with van der Waals surface area (Å²) >= 11 is 0. The molecule has 1 aromatic heterocycles. The Balaban J connectivity index is 1.68. The molecule has 0 radical (unpaired) electrons. The Hall–Kier alpha value is -2.71. The fraction of sp³-hybridized carbons (Fsp3) is 0.500. The minimum absolute atomic E-state index is 0.115. The second-order valence-electron chi connectivity index (χ2n) is 7.71. The van der Waals surface area contributed by atoms with Crippen molar-refractivity contribution in [3.63, 3.8) is 0 Å². The Bertz CT molecular complexity index is 811. The molecule has 0 saturated heterocycles. The van der Waals surface area contributed by atoms with Gasteiger partial charge in [0.1, 0.15) is 24.5 Å². The van der Waals surface area contributed by atoms with Gasteiger partial charge in [-0.05, 0) is 39.3 Å². The topological polar surface area (TPSA) is 88.9 Å². The molecule has 0 aliphatic rings. The van der Waals surface area contributed by atoms with Gasteiger partial charge in [-0.3, -0.25) is 4.68 Å². The maximum absolute atomic E-state index is 12.4. The molecule has 8 nitrogen and oxygen atoms in total. The van der Waals surface area contributed by atoms with Crippen molar-refractivity contribution in [3.05, 3.63) is 53.3 Å². The number of esters is 2. The zero-order valence-electron chi connectivity index (χ0n) is 18.1. The highest BCUT2D eigenvalue weighted by molar-refractivity contribution is 5.87. The van der Waals surface area contributed by atoms with Crippen molar-refractivity contribution in [2.45, 2.75) is 46.4 Å². The smallest absolute Gasteiger partial charge is 0.356 e. The second-order valence-corrected chi connectivity index (χ2v) is 7.71. The number of ether oxygens (including phenoxy) is 4. The zero-order valence-corrected chi connectivity index (χ0v) is 18.1. The number of aromatic nitrogens is 2. The van der Waals surface area contributed by atoms with Crippen molar-refractivity contribution in [1.29, 1.82) is 0 Å². The number of nitrogens with zero attached hydrogens (tertiary/aromatic N) is 2. The van der Waals surface area contributed by atoms with Gasteiger partial charge in [0.15, 0.2) is 0 Å². The van der Waals surface area contributed by atoms with Gasteiger partial charge in [-0.1, -0.05) is 30.3 Å². The molecule has 1 aromatic carbocycles. The first-order valence-electron chi connectivity index (χ1n) is 9.87. The van der Waals surface area contributed by atoms with Crippen LogP contribution in [0.15, 0.2) is 36.4 Å². The molecule has 0 aliphatic carbocycles. The molecule has 0 aliphatic heterocycles. The Morgan fingerprint density at radius 3 is 2.43 bits per heavy atom. The number of aryl methyl sites for hydroxylation is 1. The molecule has 164 valence electrons. The van der Waals surface area contributed by atoms with Gasteiger partial charge in [0.05, 0.1) is 32.1 Å². The average Bonchev–Trinajstić information content (AvgIpc) is 3.05. The van der Waals surface area contributed by atoms with E-state index in [-0.39, 0.29) is 19.8 Å². The largest absolute Gasteiger partial charge is 0.458 e. The molecule has 0 unspecified atom stereocenters. The summed E-state index contributed by atoms with van der Waals surface area (Å²) < 4.78 is 22.8. The second kappa shape index (κ2) is 11.5. The summed E-state index contributed by atoms with van der Waals surface area (Å²) in [6, 6.07) is 11.2. The first kappa shape index (κ1) is 23.6. The minimum atomic E-state index is -0.529. The minimum Gasteiger partial charge on any atom is -0.458 e. The molecule has 0 amide bonds. The average molecular weight is 418 g/mol. The lowest BCUT2D eigenvalue weighted by Gasteiger charge is -2.19. The first-order chi connectivity index (χ1) is 14.2. The van der Waals surface area contributed by atoms with E-state index in [1.807, 2.05) is 37.3 Å². The van der Waals surface area contributed by atoms with E-state index in [0.29, 0.717) is 25.5 Å². The summed E-state index contributed by atoms with van der Waals surface area (Å²) in [4.78, 5) is 23.9. The van der Waals surface area contributed by atoms with Crippen molar-refractivity contribution in [1.82, 2.24) is 9.78 Å². The number of carbonyl (C=O) groups excluding carboxylic acids is 2. The summed E-state index contributed by atoms with van der Waals surface area (Å²) in [5.41, 5.74) is 1.50. The quantitative estimate of drug-likeness (QED) is 0.409. The highest BCUT2D eigenvalue weighted by Crippen LogP contribution is 2.09. The maximum atomic E-state index is 12.4. The number of rotatable bonds is 11. The lowest BCUT2D eigenvalue weighted by atomic mass is 10.2. The van der Waals surface area contributed by atoms with E-state index < -0.39 is 17.5 Å². The van der Waals surface area contributed by atoms with Crippen molar-refractivity contribution in [2.24, 2.45) is 0 Å². The molecule has 30 heavy (non-hydrogen) atoms. The lowest BCUT2D eigenvalue weighted by molar-refractivity contribution is -0.160. The van der Waals surface area contributed by atoms with Crippen LogP contribution in [-0.4, -0.2) is 53.7 Å². The Morgan fingerprint density at radius 1 is 1.03 bits per heavy atom. The van der Waals surface area contributed by atoms with Crippen LogP contribution in [0.4, 0.5) is 0 Å². The third-order valence-electron chi connectivity index (χ3n) is 3.78. The van der Waals surface area contributed by atoms with Crippen LogP contribution in [-0.2, 0) is 36.9 Å². The van der Waals surface area contributed by atoms with Crippen molar-refractivity contribution >= 4 is 11.9 Å². The van der Waals surface area contributed by atoms with Crippen molar-refractivity contribution in [2.75, 3.05) is 26.4 Å².